The molecule has 0 amide bonds. The number of alkyl halides is 4. The van der Waals surface area contributed by atoms with Crippen LogP contribution in [0, 0.1) is 11.8 Å². The van der Waals surface area contributed by atoms with Crippen LogP contribution in [0.4, 0.5) is 23.4 Å². The van der Waals surface area contributed by atoms with Crippen molar-refractivity contribution in [3.63, 3.8) is 0 Å². The minimum atomic E-state index is -2.80. The maximum Gasteiger partial charge on any atom is 0.283 e. The highest BCUT2D eigenvalue weighted by Crippen LogP contribution is 2.59. The molecule has 2 fully saturated rings. The van der Waals surface area contributed by atoms with Gasteiger partial charge in [0.1, 0.15) is 11.5 Å². The van der Waals surface area contributed by atoms with Crippen LogP contribution in [0.25, 0.3) is 0 Å². The van der Waals surface area contributed by atoms with Crippen LogP contribution < -0.4 is 4.90 Å². The lowest BCUT2D eigenvalue weighted by molar-refractivity contribution is 0.0870. The van der Waals surface area contributed by atoms with Gasteiger partial charge in [-0.05, 0) is 6.42 Å². The van der Waals surface area contributed by atoms with Gasteiger partial charge in [-0.3, -0.25) is 0 Å². The highest BCUT2D eigenvalue weighted by atomic mass is 35.5. The predicted octanol–water partition coefficient (Wildman–Crippen LogP) is 3.16. The van der Waals surface area contributed by atoms with Crippen LogP contribution in [0.15, 0.2) is 6.20 Å². The maximum absolute atomic E-state index is 13.3. The molecule has 2 aliphatic rings. The zero-order valence-corrected chi connectivity index (χ0v) is 10.4. The SMILES string of the molecule is FC(F)c1ncc(N2CCC3C(C2)C3(F)F)nc1Cl. The lowest BCUT2D eigenvalue weighted by Crippen LogP contribution is -2.32. The third-order valence-electron chi connectivity index (χ3n) is 3.77. The second-order valence-electron chi connectivity index (χ2n) is 4.83. The number of piperidine rings is 1. The van der Waals surface area contributed by atoms with E-state index in [9.17, 15) is 17.6 Å². The molecule has 8 heteroatoms. The van der Waals surface area contributed by atoms with Gasteiger partial charge in [0, 0.05) is 24.9 Å². The summed E-state index contributed by atoms with van der Waals surface area (Å²) < 4.78 is 51.4. The van der Waals surface area contributed by atoms with Crippen molar-refractivity contribution in [2.24, 2.45) is 11.8 Å². The van der Waals surface area contributed by atoms with Crippen molar-refractivity contribution in [2.45, 2.75) is 18.8 Å². The van der Waals surface area contributed by atoms with Crippen LogP contribution in [-0.4, -0.2) is 29.0 Å². The Morgan fingerprint density at radius 2 is 2.11 bits per heavy atom. The molecule has 2 heterocycles. The number of halogens is 5. The highest BCUT2D eigenvalue weighted by Gasteiger charge is 2.69. The zero-order chi connectivity index (χ0) is 13.8. The number of rotatable bonds is 2. The van der Waals surface area contributed by atoms with E-state index in [1.54, 1.807) is 4.90 Å². The topological polar surface area (TPSA) is 29.0 Å². The van der Waals surface area contributed by atoms with Crippen LogP contribution in [0.3, 0.4) is 0 Å². The van der Waals surface area contributed by atoms with Gasteiger partial charge in [0.05, 0.1) is 6.20 Å². The van der Waals surface area contributed by atoms with E-state index in [0.29, 0.717) is 13.0 Å². The molecule has 1 aromatic heterocycles. The Balaban J connectivity index is 1.78. The first-order valence-corrected chi connectivity index (χ1v) is 6.22. The normalized spacial score (nSPS) is 28.4. The van der Waals surface area contributed by atoms with Gasteiger partial charge in [0.15, 0.2) is 5.15 Å². The Labute approximate surface area is 111 Å². The van der Waals surface area contributed by atoms with Crippen molar-refractivity contribution in [1.29, 1.82) is 0 Å². The molecular formula is C11H10ClF4N3. The molecule has 1 aromatic rings. The van der Waals surface area contributed by atoms with E-state index < -0.39 is 29.9 Å². The molecule has 0 bridgehead atoms. The third kappa shape index (κ3) is 2.04. The Bertz CT molecular complexity index is 511. The smallest absolute Gasteiger partial charge is 0.283 e. The first kappa shape index (κ1) is 12.9. The molecule has 1 saturated carbocycles. The molecule has 19 heavy (non-hydrogen) atoms. The van der Waals surface area contributed by atoms with E-state index in [4.69, 9.17) is 11.6 Å². The summed E-state index contributed by atoms with van der Waals surface area (Å²) in [4.78, 5) is 9.00. The van der Waals surface area contributed by atoms with Gasteiger partial charge in [-0.15, -0.1) is 0 Å². The van der Waals surface area contributed by atoms with Crippen LogP contribution in [0.5, 0.6) is 0 Å². The van der Waals surface area contributed by atoms with E-state index in [2.05, 4.69) is 9.97 Å². The molecule has 2 unspecified atom stereocenters. The van der Waals surface area contributed by atoms with Crippen molar-refractivity contribution < 1.29 is 17.6 Å². The second-order valence-corrected chi connectivity index (χ2v) is 5.19. The third-order valence-corrected chi connectivity index (χ3v) is 4.04. The first-order valence-electron chi connectivity index (χ1n) is 5.84. The molecule has 1 aliphatic carbocycles. The van der Waals surface area contributed by atoms with Gasteiger partial charge < -0.3 is 4.90 Å². The Morgan fingerprint density at radius 3 is 2.68 bits per heavy atom. The summed E-state index contributed by atoms with van der Waals surface area (Å²) in [5.74, 6) is -3.55. The van der Waals surface area contributed by atoms with Gasteiger partial charge >= 0.3 is 0 Å². The molecule has 1 saturated heterocycles. The van der Waals surface area contributed by atoms with Gasteiger partial charge in [-0.2, -0.15) is 0 Å². The molecule has 0 aromatic carbocycles. The summed E-state index contributed by atoms with van der Waals surface area (Å²) in [7, 11) is 0. The number of anilines is 1. The Hall–Kier alpha value is -1.11. The summed E-state index contributed by atoms with van der Waals surface area (Å²) in [5, 5.41) is -0.378. The largest absolute Gasteiger partial charge is 0.355 e. The van der Waals surface area contributed by atoms with E-state index >= 15 is 0 Å². The minimum absolute atomic E-state index is 0.163. The van der Waals surface area contributed by atoms with Gasteiger partial charge in [-0.1, -0.05) is 11.6 Å². The lowest BCUT2D eigenvalue weighted by atomic mass is 10.1. The maximum atomic E-state index is 13.3. The average Bonchev–Trinajstić information content (AvgIpc) is 2.91. The van der Waals surface area contributed by atoms with Gasteiger partial charge in [-0.25, -0.2) is 27.5 Å². The van der Waals surface area contributed by atoms with E-state index in [0.717, 1.165) is 6.20 Å². The van der Waals surface area contributed by atoms with Crippen molar-refractivity contribution in [1.82, 2.24) is 9.97 Å². The standard InChI is InChI=1S/C11H10ClF4N3/c12-9-8(10(13)14)17-3-7(18-9)19-2-1-5-6(4-19)11(5,15)16/h3,5-6,10H,1-2,4H2. The number of fused-ring (bicyclic) bond motifs is 1. The van der Waals surface area contributed by atoms with Crippen molar-refractivity contribution in [3.05, 3.63) is 17.0 Å². The van der Waals surface area contributed by atoms with Crippen LogP contribution in [0.2, 0.25) is 5.15 Å². The zero-order valence-electron chi connectivity index (χ0n) is 9.66. The van der Waals surface area contributed by atoms with Crippen LogP contribution in [-0.2, 0) is 0 Å². The number of hydrogen-bond donors (Lipinski definition) is 0. The fourth-order valence-corrected chi connectivity index (χ4v) is 2.82. The average molecular weight is 296 g/mol. The summed E-state index contributed by atoms with van der Waals surface area (Å²) in [6.45, 7) is 0.576. The van der Waals surface area contributed by atoms with E-state index in [-0.39, 0.29) is 17.5 Å². The Kier molecular flexibility index (Phi) is 2.85. The van der Waals surface area contributed by atoms with E-state index in [1.807, 2.05) is 0 Å². The van der Waals surface area contributed by atoms with Crippen molar-refractivity contribution in [3.8, 4) is 0 Å². The molecule has 0 radical (unpaired) electrons. The highest BCUT2D eigenvalue weighted by molar-refractivity contribution is 6.30. The monoisotopic (exact) mass is 295 g/mol. The van der Waals surface area contributed by atoms with Gasteiger partial charge in [0.2, 0.25) is 0 Å². The fourth-order valence-electron chi connectivity index (χ4n) is 2.60. The summed E-state index contributed by atoms with van der Waals surface area (Å²) in [6.07, 6.45) is -1.27. The molecule has 2 atom stereocenters. The molecule has 0 spiro atoms. The van der Waals surface area contributed by atoms with E-state index in [1.165, 1.54) is 0 Å². The second kappa shape index (κ2) is 4.19. The van der Waals surface area contributed by atoms with Crippen molar-refractivity contribution in [2.75, 3.05) is 18.0 Å². The van der Waals surface area contributed by atoms with Crippen LogP contribution >= 0.6 is 11.6 Å². The molecular weight excluding hydrogens is 286 g/mol. The summed E-state index contributed by atoms with van der Waals surface area (Å²) in [6, 6.07) is 0. The number of aromatic nitrogens is 2. The quantitative estimate of drug-likeness (QED) is 0.785. The molecule has 1 aliphatic heterocycles. The lowest BCUT2D eigenvalue weighted by Gasteiger charge is -2.26. The first-order chi connectivity index (χ1) is 8.91. The molecule has 3 rings (SSSR count). The summed E-state index contributed by atoms with van der Waals surface area (Å²) in [5.41, 5.74) is -0.586. The Morgan fingerprint density at radius 1 is 1.37 bits per heavy atom. The van der Waals surface area contributed by atoms with Gasteiger partial charge in [0.25, 0.3) is 12.3 Å². The minimum Gasteiger partial charge on any atom is -0.355 e. The number of hydrogen-bond acceptors (Lipinski definition) is 3. The van der Waals surface area contributed by atoms with Crippen molar-refractivity contribution >= 4 is 17.4 Å². The van der Waals surface area contributed by atoms with Crippen LogP contribution in [0.1, 0.15) is 18.5 Å². The predicted molar refractivity (Wildman–Crippen MR) is 60.8 cm³/mol. The fraction of sp³-hybridized carbons (Fsp3) is 0.636. The molecule has 104 valence electrons. The number of nitrogens with zero attached hydrogens (tertiary/aromatic N) is 3. The molecule has 3 nitrogen and oxygen atoms in total. The summed E-state index contributed by atoms with van der Waals surface area (Å²) >= 11 is 5.62. The molecule has 0 N–H and O–H groups in total.